The summed E-state index contributed by atoms with van der Waals surface area (Å²) in [4.78, 5) is 39.5. The van der Waals surface area contributed by atoms with E-state index in [4.69, 9.17) is 14.6 Å². The van der Waals surface area contributed by atoms with Gasteiger partial charge in [0.25, 0.3) is 5.91 Å². The molecule has 1 fully saturated rings. The Morgan fingerprint density at radius 1 is 1.21 bits per heavy atom. The summed E-state index contributed by atoms with van der Waals surface area (Å²) in [6, 6.07) is 11.9. The zero-order valence-corrected chi connectivity index (χ0v) is 19.1. The number of ether oxygens (including phenoxy) is 2. The Balaban J connectivity index is 1.77. The predicted octanol–water partition coefficient (Wildman–Crippen LogP) is 3.79. The highest BCUT2D eigenvalue weighted by Gasteiger charge is 2.24. The Morgan fingerprint density at radius 3 is 2.58 bits per heavy atom. The summed E-state index contributed by atoms with van der Waals surface area (Å²) < 4.78 is 11.0. The van der Waals surface area contributed by atoms with E-state index in [0.717, 1.165) is 0 Å². The number of anilines is 1. The van der Waals surface area contributed by atoms with Gasteiger partial charge in [0.15, 0.2) is 22.8 Å². The molecule has 0 spiro atoms. The van der Waals surface area contributed by atoms with Crippen LogP contribution < -0.4 is 20.1 Å². The molecule has 9 nitrogen and oxygen atoms in total. The van der Waals surface area contributed by atoms with Gasteiger partial charge in [-0.15, -0.1) is 0 Å². The van der Waals surface area contributed by atoms with Gasteiger partial charge in [-0.1, -0.05) is 6.07 Å². The van der Waals surface area contributed by atoms with Gasteiger partial charge in [0.1, 0.15) is 0 Å². The molecule has 2 aromatic carbocycles. The number of amides is 2. The van der Waals surface area contributed by atoms with Crippen molar-refractivity contribution in [2.24, 2.45) is 4.99 Å². The molecule has 1 saturated heterocycles. The van der Waals surface area contributed by atoms with Crippen LogP contribution >= 0.6 is 11.8 Å². The van der Waals surface area contributed by atoms with E-state index in [1.165, 1.54) is 25.6 Å². The zero-order valence-electron chi connectivity index (χ0n) is 18.2. The second-order valence-electron chi connectivity index (χ2n) is 6.95. The van der Waals surface area contributed by atoms with Gasteiger partial charge in [-0.05, 0) is 73.6 Å². The maximum atomic E-state index is 12.4. The predicted molar refractivity (Wildman–Crippen MR) is 127 cm³/mol. The molecule has 2 amide bonds. The lowest BCUT2D eigenvalue weighted by Crippen LogP contribution is -2.23. The van der Waals surface area contributed by atoms with E-state index >= 15 is 0 Å². The van der Waals surface area contributed by atoms with Crippen molar-refractivity contribution < 1.29 is 29.0 Å². The van der Waals surface area contributed by atoms with Gasteiger partial charge in [-0.2, -0.15) is 0 Å². The Kier molecular flexibility index (Phi) is 7.73. The summed E-state index contributed by atoms with van der Waals surface area (Å²) in [6.07, 6.45) is 0.658. The molecule has 1 atom stereocenters. The van der Waals surface area contributed by atoms with Crippen molar-refractivity contribution in [3.05, 3.63) is 52.9 Å². The van der Waals surface area contributed by atoms with Gasteiger partial charge in [-0.25, -0.2) is 9.79 Å². The van der Waals surface area contributed by atoms with Crippen LogP contribution in [0.5, 0.6) is 11.5 Å². The van der Waals surface area contributed by atoms with Crippen LogP contribution in [0.2, 0.25) is 0 Å². The van der Waals surface area contributed by atoms with Crippen molar-refractivity contribution in [3.8, 4) is 11.5 Å². The largest absolute Gasteiger partial charge is 0.490 e. The average Bonchev–Trinajstić information content (AvgIpc) is 3.09. The topological polar surface area (TPSA) is 126 Å². The summed E-state index contributed by atoms with van der Waals surface area (Å²) in [5.74, 6) is -0.838. The number of benzene rings is 2. The van der Waals surface area contributed by atoms with Crippen molar-refractivity contribution in [2.45, 2.75) is 26.9 Å². The lowest BCUT2D eigenvalue weighted by Gasteiger charge is -2.15. The minimum atomic E-state index is -1.08. The number of carbonyl (C=O) groups is 3. The Labute approximate surface area is 194 Å². The maximum absolute atomic E-state index is 12.4. The number of carbonyl (C=O) groups excluding carboxylic acids is 2. The highest BCUT2D eigenvalue weighted by molar-refractivity contribution is 8.18. The molecule has 2 aromatic rings. The van der Waals surface area contributed by atoms with E-state index in [0.29, 0.717) is 45.1 Å². The fourth-order valence-corrected chi connectivity index (χ4v) is 3.63. The summed E-state index contributed by atoms with van der Waals surface area (Å²) in [5, 5.41) is 14.9. The summed E-state index contributed by atoms with van der Waals surface area (Å²) in [6.45, 7) is 5.04. The third-order valence-electron chi connectivity index (χ3n) is 4.29. The molecule has 1 aliphatic heterocycles. The number of carboxylic acids is 1. The fraction of sp³-hybridized carbons (Fsp3) is 0.217. The van der Waals surface area contributed by atoms with Crippen LogP contribution in [-0.4, -0.2) is 40.8 Å². The van der Waals surface area contributed by atoms with Crippen LogP contribution in [0.3, 0.4) is 0 Å². The Bertz CT molecular complexity index is 1130. The highest BCUT2D eigenvalue weighted by Crippen LogP contribution is 2.33. The standard InChI is InChI=1S/C23H23N3O6S/c1-4-31-19-11-15(5-10-18(19)32-13(2)22(29)30)12-20-21(28)26-23(33-20)25-17-8-6-16(7-9-17)24-14(3)27/h5-13H,4H2,1-3H3,(H,24,27)(H,29,30)(H,25,26,28)/b20-12+. The van der Waals surface area contributed by atoms with Crippen molar-refractivity contribution in [1.29, 1.82) is 0 Å². The average molecular weight is 470 g/mol. The summed E-state index contributed by atoms with van der Waals surface area (Å²) >= 11 is 1.19. The Hall–Kier alpha value is -3.79. The van der Waals surface area contributed by atoms with Crippen molar-refractivity contribution >= 4 is 52.2 Å². The van der Waals surface area contributed by atoms with Crippen LogP contribution in [0.1, 0.15) is 26.3 Å². The minimum Gasteiger partial charge on any atom is -0.490 e. The first-order valence-corrected chi connectivity index (χ1v) is 10.9. The smallest absolute Gasteiger partial charge is 0.344 e. The number of thioether (sulfide) groups is 1. The minimum absolute atomic E-state index is 0.161. The summed E-state index contributed by atoms with van der Waals surface area (Å²) in [5.41, 5.74) is 1.97. The van der Waals surface area contributed by atoms with Gasteiger partial charge in [0.05, 0.1) is 17.2 Å². The third-order valence-corrected chi connectivity index (χ3v) is 5.20. The second-order valence-corrected chi connectivity index (χ2v) is 7.98. The monoisotopic (exact) mass is 469 g/mol. The molecule has 0 radical (unpaired) electrons. The lowest BCUT2D eigenvalue weighted by atomic mass is 10.2. The van der Waals surface area contributed by atoms with Gasteiger partial charge in [0, 0.05) is 12.6 Å². The second kappa shape index (κ2) is 10.7. The number of nitrogens with zero attached hydrogens (tertiary/aromatic N) is 1. The van der Waals surface area contributed by atoms with Gasteiger partial charge in [0.2, 0.25) is 5.91 Å². The molecule has 10 heteroatoms. The molecule has 3 N–H and O–H groups in total. The SMILES string of the molecule is CCOc1cc(/C=C2/SC(=Nc3ccc(NC(C)=O)cc3)NC2=O)ccc1OC(C)C(=O)O. The molecule has 33 heavy (non-hydrogen) atoms. The number of aliphatic imine (C=N–C) groups is 1. The number of aliphatic carboxylic acids is 1. The van der Waals surface area contributed by atoms with Gasteiger partial charge in [-0.3, -0.25) is 9.59 Å². The Morgan fingerprint density at radius 2 is 1.94 bits per heavy atom. The van der Waals surface area contributed by atoms with Crippen LogP contribution in [0.25, 0.3) is 6.08 Å². The van der Waals surface area contributed by atoms with Crippen molar-refractivity contribution in [1.82, 2.24) is 5.32 Å². The fourth-order valence-electron chi connectivity index (χ4n) is 2.79. The van der Waals surface area contributed by atoms with Crippen molar-refractivity contribution in [2.75, 3.05) is 11.9 Å². The number of rotatable bonds is 8. The van der Waals surface area contributed by atoms with E-state index in [2.05, 4.69) is 15.6 Å². The van der Waals surface area contributed by atoms with Gasteiger partial charge >= 0.3 is 5.97 Å². The van der Waals surface area contributed by atoms with Crippen LogP contribution in [0, 0.1) is 0 Å². The van der Waals surface area contributed by atoms with Crippen LogP contribution in [-0.2, 0) is 14.4 Å². The van der Waals surface area contributed by atoms with E-state index < -0.39 is 12.1 Å². The van der Waals surface area contributed by atoms with E-state index in [-0.39, 0.29) is 11.8 Å². The molecular formula is C23H23N3O6S. The quantitative estimate of drug-likeness (QED) is 0.502. The first-order valence-electron chi connectivity index (χ1n) is 10.1. The molecule has 3 rings (SSSR count). The first kappa shape index (κ1) is 23.9. The highest BCUT2D eigenvalue weighted by atomic mass is 32.2. The molecule has 1 aliphatic rings. The molecule has 1 heterocycles. The number of nitrogens with one attached hydrogen (secondary N) is 2. The number of hydrogen-bond acceptors (Lipinski definition) is 7. The van der Waals surface area contributed by atoms with Crippen LogP contribution in [0.15, 0.2) is 52.4 Å². The molecule has 0 bridgehead atoms. The third kappa shape index (κ3) is 6.59. The number of carboxylic acid groups (broad SMARTS) is 1. The number of hydrogen-bond donors (Lipinski definition) is 3. The first-order chi connectivity index (χ1) is 15.7. The molecule has 0 saturated carbocycles. The van der Waals surface area contributed by atoms with E-state index in [1.54, 1.807) is 55.5 Å². The van der Waals surface area contributed by atoms with E-state index in [1.807, 2.05) is 0 Å². The van der Waals surface area contributed by atoms with Gasteiger partial charge < -0.3 is 25.2 Å². The molecule has 1 unspecified atom stereocenters. The maximum Gasteiger partial charge on any atom is 0.344 e. The molecule has 0 aliphatic carbocycles. The van der Waals surface area contributed by atoms with E-state index in [9.17, 15) is 14.4 Å². The van der Waals surface area contributed by atoms with Crippen molar-refractivity contribution in [3.63, 3.8) is 0 Å². The molecular weight excluding hydrogens is 446 g/mol. The number of amidine groups is 1. The molecule has 172 valence electrons. The van der Waals surface area contributed by atoms with Crippen LogP contribution in [0.4, 0.5) is 11.4 Å². The lowest BCUT2D eigenvalue weighted by molar-refractivity contribution is -0.144. The summed E-state index contributed by atoms with van der Waals surface area (Å²) in [7, 11) is 0. The molecule has 0 aromatic heterocycles. The zero-order chi connectivity index (χ0) is 24.0. The normalized spacial score (nSPS) is 16.4.